The third-order valence-corrected chi connectivity index (χ3v) is 16.8. The van der Waals surface area contributed by atoms with Crippen molar-refractivity contribution in [2.45, 2.75) is 81.3 Å². The van der Waals surface area contributed by atoms with Crippen molar-refractivity contribution in [3.63, 3.8) is 0 Å². The lowest BCUT2D eigenvalue weighted by Gasteiger charge is -2.54. The topological polar surface area (TPSA) is 57.7 Å². The van der Waals surface area contributed by atoms with Crippen molar-refractivity contribution in [2.24, 2.45) is 0 Å². The van der Waals surface area contributed by atoms with Crippen LogP contribution in [0.2, 0.25) is 16.6 Å². The fourth-order valence-corrected chi connectivity index (χ4v) is 15.7. The van der Waals surface area contributed by atoms with Crippen molar-refractivity contribution in [1.82, 2.24) is 4.31 Å². The Labute approximate surface area is 211 Å². The SMILES string of the molecule is CC(C)[Si](C(C)C)(C(C)C)N1c2ccc(Br)cc2[C@]2(F)CC(=O)N(S(=O)(=O)c3ccccc3)[C@H]12. The van der Waals surface area contributed by atoms with Gasteiger partial charge in [0, 0.05) is 15.7 Å². The van der Waals surface area contributed by atoms with Gasteiger partial charge in [-0.3, -0.25) is 4.79 Å². The monoisotopic (exact) mass is 566 g/mol. The van der Waals surface area contributed by atoms with Gasteiger partial charge in [0.05, 0.1) is 11.3 Å². The molecular weight excluding hydrogens is 535 g/mol. The van der Waals surface area contributed by atoms with E-state index in [0.717, 1.165) is 4.31 Å². The number of carbonyl (C=O) groups is 1. The van der Waals surface area contributed by atoms with Gasteiger partial charge in [0.1, 0.15) is 0 Å². The standard InChI is InChI=1S/C25H32BrFN2O3SSi/c1-16(2)34(17(3)4,18(5)6)29-22-13-12-19(26)14-21(22)25(27)15-23(30)28(24(25)29)33(31,32)20-10-8-7-9-11-20/h7-14,16-18,24H,15H2,1-6H3/t24-,25-/m1/s1. The number of hydrogen-bond donors (Lipinski definition) is 0. The summed E-state index contributed by atoms with van der Waals surface area (Å²) < 4.78 is 48.5. The molecule has 4 rings (SSSR count). The van der Waals surface area contributed by atoms with Crippen LogP contribution in [0.4, 0.5) is 10.1 Å². The Kier molecular flexibility index (Phi) is 6.31. The first-order valence-corrected chi connectivity index (χ1v) is 16.1. The average molecular weight is 568 g/mol. The van der Waals surface area contributed by atoms with Gasteiger partial charge < -0.3 is 4.57 Å². The molecule has 1 fully saturated rings. The van der Waals surface area contributed by atoms with Gasteiger partial charge in [-0.25, -0.2) is 17.1 Å². The molecule has 9 heteroatoms. The Morgan fingerprint density at radius 1 is 1.00 bits per heavy atom. The van der Waals surface area contributed by atoms with Crippen molar-refractivity contribution in [2.75, 3.05) is 4.57 Å². The summed E-state index contributed by atoms with van der Waals surface area (Å²) in [5, 5.41) is 0. The van der Waals surface area contributed by atoms with E-state index in [1.807, 2.05) is 12.1 Å². The van der Waals surface area contributed by atoms with Crippen LogP contribution in [0.3, 0.4) is 0 Å². The Hall–Kier alpha value is -1.71. The van der Waals surface area contributed by atoms with Gasteiger partial charge in [-0.1, -0.05) is 75.7 Å². The lowest BCUT2D eigenvalue weighted by molar-refractivity contribution is -0.124. The van der Waals surface area contributed by atoms with Crippen LogP contribution in [0.25, 0.3) is 0 Å². The molecule has 0 spiro atoms. The molecule has 2 atom stereocenters. The molecule has 0 aromatic heterocycles. The summed E-state index contributed by atoms with van der Waals surface area (Å²) in [4.78, 5) is 13.4. The zero-order valence-corrected chi connectivity index (χ0v) is 23.8. The van der Waals surface area contributed by atoms with E-state index in [2.05, 4.69) is 62.0 Å². The number of alkyl halides is 1. The molecule has 2 aromatic carbocycles. The van der Waals surface area contributed by atoms with Gasteiger partial charge in [-0.15, -0.1) is 0 Å². The van der Waals surface area contributed by atoms with Crippen LogP contribution in [-0.4, -0.2) is 33.0 Å². The molecule has 0 aliphatic carbocycles. The first kappa shape index (κ1) is 25.4. The maximum absolute atomic E-state index is 17.2. The van der Waals surface area contributed by atoms with Gasteiger partial charge in [0.2, 0.25) is 5.91 Å². The number of rotatable bonds is 6. The predicted octanol–water partition coefficient (Wildman–Crippen LogP) is 6.56. The molecule has 0 bridgehead atoms. The zero-order chi connectivity index (χ0) is 25.2. The highest BCUT2D eigenvalue weighted by Crippen LogP contribution is 2.60. The molecule has 2 aliphatic rings. The highest BCUT2D eigenvalue weighted by atomic mass is 79.9. The summed E-state index contributed by atoms with van der Waals surface area (Å²) in [5.41, 5.74) is -0.478. The lowest BCUT2D eigenvalue weighted by Crippen LogP contribution is -2.67. The summed E-state index contributed by atoms with van der Waals surface area (Å²) in [6.45, 7) is 12.9. The highest BCUT2D eigenvalue weighted by molar-refractivity contribution is 9.10. The van der Waals surface area contributed by atoms with Gasteiger partial charge in [0.25, 0.3) is 10.0 Å². The largest absolute Gasteiger partial charge is 0.373 e. The van der Waals surface area contributed by atoms with E-state index in [1.165, 1.54) is 12.1 Å². The number of sulfonamides is 1. The molecule has 0 saturated carbocycles. The second-order valence-electron chi connectivity index (χ2n) is 10.3. The molecule has 184 valence electrons. The molecule has 0 unspecified atom stereocenters. The van der Waals surface area contributed by atoms with E-state index in [4.69, 9.17) is 0 Å². The van der Waals surface area contributed by atoms with E-state index in [-0.39, 0.29) is 21.5 Å². The van der Waals surface area contributed by atoms with Gasteiger partial charge in [-0.05, 0) is 47.0 Å². The first-order chi connectivity index (χ1) is 15.8. The van der Waals surface area contributed by atoms with Crippen LogP contribution in [-0.2, 0) is 20.5 Å². The number of halogens is 2. The number of nitrogens with zero attached hydrogens (tertiary/aromatic N) is 2. The summed E-state index contributed by atoms with van der Waals surface area (Å²) in [6, 6.07) is 13.3. The third-order valence-electron chi connectivity index (χ3n) is 7.69. The van der Waals surface area contributed by atoms with Crippen LogP contribution >= 0.6 is 15.9 Å². The second kappa shape index (κ2) is 8.45. The number of fused-ring (bicyclic) bond motifs is 3. The first-order valence-electron chi connectivity index (χ1n) is 11.7. The Morgan fingerprint density at radius 2 is 1.56 bits per heavy atom. The number of anilines is 1. The Morgan fingerprint density at radius 3 is 2.09 bits per heavy atom. The number of benzene rings is 2. The van der Waals surface area contributed by atoms with Crippen molar-refractivity contribution in [3.8, 4) is 0 Å². The molecule has 2 aromatic rings. The van der Waals surface area contributed by atoms with E-state index >= 15 is 4.39 Å². The van der Waals surface area contributed by atoms with Gasteiger partial charge in [0.15, 0.2) is 20.1 Å². The predicted molar refractivity (Wildman–Crippen MR) is 139 cm³/mol. The van der Waals surface area contributed by atoms with E-state index in [0.29, 0.717) is 15.7 Å². The fourth-order valence-electron chi connectivity index (χ4n) is 6.66. The summed E-state index contributed by atoms with van der Waals surface area (Å²) in [6.07, 6.45) is -1.74. The van der Waals surface area contributed by atoms with Gasteiger partial charge in [-0.2, -0.15) is 0 Å². The zero-order valence-electron chi connectivity index (χ0n) is 20.4. The second-order valence-corrected chi connectivity index (χ2v) is 18.8. The maximum Gasteiger partial charge on any atom is 0.268 e. The van der Waals surface area contributed by atoms with Crippen molar-refractivity contribution in [3.05, 3.63) is 58.6 Å². The van der Waals surface area contributed by atoms with Crippen LogP contribution in [0.5, 0.6) is 0 Å². The Balaban J connectivity index is 2.05. The molecule has 5 nitrogen and oxygen atoms in total. The van der Waals surface area contributed by atoms with Crippen LogP contribution in [0.1, 0.15) is 53.5 Å². The number of carbonyl (C=O) groups excluding carboxylic acids is 1. The molecular formula is C25H32BrFN2O3SSi. The summed E-state index contributed by atoms with van der Waals surface area (Å²) in [5.74, 6) is -0.703. The fraction of sp³-hybridized carbons (Fsp3) is 0.480. The molecule has 2 aliphatic heterocycles. The minimum atomic E-state index is -4.27. The average Bonchev–Trinajstić information content (AvgIpc) is 3.15. The molecule has 0 N–H and O–H groups in total. The normalized spacial score (nSPS) is 22.8. The minimum absolute atomic E-state index is 0.00408. The minimum Gasteiger partial charge on any atom is -0.373 e. The highest BCUT2D eigenvalue weighted by Gasteiger charge is 2.69. The van der Waals surface area contributed by atoms with Gasteiger partial charge >= 0.3 is 0 Å². The van der Waals surface area contributed by atoms with Crippen LogP contribution in [0.15, 0.2) is 57.9 Å². The smallest absolute Gasteiger partial charge is 0.268 e. The summed E-state index contributed by atoms with van der Waals surface area (Å²) >= 11 is 3.46. The van der Waals surface area contributed by atoms with E-state index < -0.39 is 42.4 Å². The lowest BCUT2D eigenvalue weighted by atomic mass is 9.95. The molecule has 1 saturated heterocycles. The molecule has 34 heavy (non-hydrogen) atoms. The third kappa shape index (κ3) is 3.33. The van der Waals surface area contributed by atoms with Crippen molar-refractivity contribution in [1.29, 1.82) is 0 Å². The molecule has 1 amide bonds. The maximum atomic E-state index is 17.2. The Bertz CT molecular complexity index is 1200. The molecule has 2 heterocycles. The van der Waals surface area contributed by atoms with Crippen molar-refractivity contribution < 1.29 is 17.6 Å². The van der Waals surface area contributed by atoms with E-state index in [9.17, 15) is 13.2 Å². The number of hydrogen-bond acceptors (Lipinski definition) is 4. The van der Waals surface area contributed by atoms with Crippen LogP contribution in [0, 0.1) is 0 Å². The molecule has 0 radical (unpaired) electrons. The van der Waals surface area contributed by atoms with E-state index in [1.54, 1.807) is 24.3 Å². The van der Waals surface area contributed by atoms with Crippen LogP contribution < -0.4 is 4.57 Å². The summed E-state index contributed by atoms with van der Waals surface area (Å²) in [7, 11) is -6.89. The quantitative estimate of drug-likeness (QED) is 0.371. The number of amides is 1. The van der Waals surface area contributed by atoms with Crippen molar-refractivity contribution >= 4 is 45.8 Å².